The third-order valence-corrected chi connectivity index (χ3v) is 3.25. The topological polar surface area (TPSA) is 0 Å². The first-order valence-corrected chi connectivity index (χ1v) is 8.36. The van der Waals surface area contributed by atoms with Gasteiger partial charge in [-0.1, -0.05) is 88.8 Å². The van der Waals surface area contributed by atoms with E-state index in [0.717, 1.165) is 19.3 Å². The van der Waals surface area contributed by atoms with Crippen LogP contribution in [0.3, 0.4) is 0 Å². The molecule has 19 heavy (non-hydrogen) atoms. The molecule has 0 saturated carbocycles. The molecule has 0 aliphatic carbocycles. The minimum atomic E-state index is 1.08. The fourth-order valence-corrected chi connectivity index (χ4v) is 2.05. The van der Waals surface area contributed by atoms with E-state index in [2.05, 4.69) is 50.3 Å². The second kappa shape index (κ2) is 17.2. The van der Waals surface area contributed by atoms with Gasteiger partial charge in [-0.05, 0) is 32.1 Å². The van der Waals surface area contributed by atoms with Crippen LogP contribution in [0.2, 0.25) is 0 Å². The van der Waals surface area contributed by atoms with Crippen molar-refractivity contribution >= 4 is 0 Å². The van der Waals surface area contributed by atoms with E-state index < -0.39 is 0 Å². The van der Waals surface area contributed by atoms with Crippen molar-refractivity contribution in [3.8, 4) is 0 Å². The average Bonchev–Trinajstić information content (AvgIpc) is 2.43. The normalized spacial score (nSPS) is 12.3. The minimum Gasteiger partial charge on any atom is -0.0885 e. The second-order valence-corrected chi connectivity index (χ2v) is 5.20. The molecule has 110 valence electrons. The van der Waals surface area contributed by atoms with Gasteiger partial charge >= 0.3 is 0 Å². The third-order valence-electron chi connectivity index (χ3n) is 3.25. The van der Waals surface area contributed by atoms with Crippen molar-refractivity contribution in [1.82, 2.24) is 0 Å². The smallest absolute Gasteiger partial charge is 0.0169 e. The van der Waals surface area contributed by atoms with Crippen LogP contribution in [-0.4, -0.2) is 0 Å². The predicted octanol–water partition coefficient (Wildman–Crippen LogP) is 6.99. The highest BCUT2D eigenvalue weighted by Crippen LogP contribution is 2.08. The van der Waals surface area contributed by atoms with Gasteiger partial charge in [0.05, 0.1) is 0 Å². The largest absolute Gasteiger partial charge is 0.0885 e. The van der Waals surface area contributed by atoms with E-state index in [1.807, 2.05) is 0 Å². The van der Waals surface area contributed by atoms with Gasteiger partial charge in [-0.15, -0.1) is 0 Å². The van der Waals surface area contributed by atoms with E-state index in [4.69, 9.17) is 0 Å². The molecule has 0 amide bonds. The minimum absolute atomic E-state index is 1.08. The Morgan fingerprint density at radius 1 is 0.526 bits per heavy atom. The second-order valence-electron chi connectivity index (χ2n) is 5.20. The van der Waals surface area contributed by atoms with Gasteiger partial charge in [0.2, 0.25) is 0 Å². The number of allylic oxidation sites excluding steroid dienone is 6. The summed E-state index contributed by atoms with van der Waals surface area (Å²) in [4.78, 5) is 0. The monoisotopic (exact) mass is 262 g/mol. The molecule has 0 aliphatic heterocycles. The molecule has 0 heteroatoms. The van der Waals surface area contributed by atoms with Crippen LogP contribution in [0.15, 0.2) is 36.5 Å². The molecule has 0 radical (unpaired) electrons. The van der Waals surface area contributed by atoms with Gasteiger partial charge in [0.1, 0.15) is 0 Å². The number of unbranched alkanes of at least 4 members (excludes halogenated alkanes) is 7. The summed E-state index contributed by atoms with van der Waals surface area (Å²) in [6, 6.07) is 0. The van der Waals surface area contributed by atoms with E-state index in [-0.39, 0.29) is 0 Å². The van der Waals surface area contributed by atoms with Gasteiger partial charge in [-0.3, -0.25) is 0 Å². The van der Waals surface area contributed by atoms with Crippen LogP contribution in [0.5, 0.6) is 0 Å². The number of rotatable bonds is 13. The Balaban J connectivity index is 3.19. The maximum Gasteiger partial charge on any atom is -0.0169 e. The molecule has 0 atom stereocenters. The number of hydrogen-bond donors (Lipinski definition) is 0. The Kier molecular flexibility index (Phi) is 16.5. The van der Waals surface area contributed by atoms with Gasteiger partial charge in [0, 0.05) is 0 Å². The van der Waals surface area contributed by atoms with Gasteiger partial charge in [0.15, 0.2) is 0 Å². The summed E-state index contributed by atoms with van der Waals surface area (Å²) in [7, 11) is 0. The van der Waals surface area contributed by atoms with Crippen LogP contribution in [0.1, 0.15) is 84.5 Å². The zero-order valence-corrected chi connectivity index (χ0v) is 13.2. The summed E-state index contributed by atoms with van der Waals surface area (Å²) >= 11 is 0. The molecule has 0 N–H and O–H groups in total. The SMILES string of the molecule is CC/C=C\C/C=C\C/C=C\CCCCCCCCC. The van der Waals surface area contributed by atoms with Crippen LogP contribution in [0, 0.1) is 0 Å². The van der Waals surface area contributed by atoms with Crippen molar-refractivity contribution in [3.63, 3.8) is 0 Å². The van der Waals surface area contributed by atoms with E-state index in [9.17, 15) is 0 Å². The zero-order chi connectivity index (χ0) is 14.0. The third kappa shape index (κ3) is 17.2. The van der Waals surface area contributed by atoms with Crippen molar-refractivity contribution in [3.05, 3.63) is 36.5 Å². The lowest BCUT2D eigenvalue weighted by Gasteiger charge is -1.98. The van der Waals surface area contributed by atoms with Crippen molar-refractivity contribution in [2.45, 2.75) is 84.5 Å². The molecule has 0 nitrogen and oxygen atoms in total. The molecule has 0 spiro atoms. The van der Waals surface area contributed by atoms with Crippen molar-refractivity contribution in [2.75, 3.05) is 0 Å². The van der Waals surface area contributed by atoms with Gasteiger partial charge in [0.25, 0.3) is 0 Å². The fraction of sp³-hybridized carbons (Fsp3) is 0.684. The molecule has 0 aromatic rings. The standard InChI is InChI=1S/C19H34/c1-3-5-7-9-11-13-15-17-19-18-16-14-12-10-8-6-4-2/h5,7,11,13,17,19H,3-4,6,8-10,12,14-16,18H2,1-2H3/b7-5-,13-11-,19-17-. The Bertz CT molecular complexity index is 232. The number of hydrogen-bond acceptors (Lipinski definition) is 0. The predicted molar refractivity (Wildman–Crippen MR) is 89.6 cm³/mol. The lowest BCUT2D eigenvalue weighted by Crippen LogP contribution is -1.78. The van der Waals surface area contributed by atoms with Crippen LogP contribution in [-0.2, 0) is 0 Å². The van der Waals surface area contributed by atoms with E-state index in [0.29, 0.717) is 0 Å². The molecule has 0 aromatic carbocycles. The maximum absolute atomic E-state index is 2.35. The molecule has 0 rings (SSSR count). The quantitative estimate of drug-likeness (QED) is 0.248. The van der Waals surface area contributed by atoms with Crippen molar-refractivity contribution < 1.29 is 0 Å². The Labute approximate surface area is 121 Å². The first-order chi connectivity index (χ1) is 9.41. The molecule has 0 saturated heterocycles. The summed E-state index contributed by atoms with van der Waals surface area (Å²) in [6.07, 6.45) is 28.0. The molecule has 0 bridgehead atoms. The highest BCUT2D eigenvalue weighted by atomic mass is 13.9. The van der Waals surface area contributed by atoms with Crippen LogP contribution in [0.4, 0.5) is 0 Å². The van der Waals surface area contributed by atoms with Crippen molar-refractivity contribution in [2.24, 2.45) is 0 Å². The van der Waals surface area contributed by atoms with E-state index in [1.54, 1.807) is 0 Å². The molecule has 0 fully saturated rings. The summed E-state index contributed by atoms with van der Waals surface area (Å²) in [5.74, 6) is 0. The first kappa shape index (κ1) is 18.2. The van der Waals surface area contributed by atoms with Crippen LogP contribution in [0.25, 0.3) is 0 Å². The first-order valence-electron chi connectivity index (χ1n) is 8.36. The molecular weight excluding hydrogens is 228 g/mol. The Morgan fingerprint density at radius 3 is 1.68 bits per heavy atom. The van der Waals surface area contributed by atoms with Crippen LogP contribution >= 0.6 is 0 Å². The molecule has 0 heterocycles. The Morgan fingerprint density at radius 2 is 1.05 bits per heavy atom. The molecule has 0 aliphatic rings. The highest BCUT2D eigenvalue weighted by molar-refractivity contribution is 4.96. The highest BCUT2D eigenvalue weighted by Gasteiger charge is 1.88. The molecular formula is C19H34. The summed E-state index contributed by atoms with van der Waals surface area (Å²) in [6.45, 7) is 4.45. The summed E-state index contributed by atoms with van der Waals surface area (Å²) in [5, 5.41) is 0. The lowest BCUT2D eigenvalue weighted by molar-refractivity contribution is 0.592. The lowest BCUT2D eigenvalue weighted by atomic mass is 10.1. The van der Waals surface area contributed by atoms with Gasteiger partial charge in [-0.25, -0.2) is 0 Å². The van der Waals surface area contributed by atoms with Crippen LogP contribution < -0.4 is 0 Å². The van der Waals surface area contributed by atoms with Gasteiger partial charge < -0.3 is 0 Å². The van der Waals surface area contributed by atoms with Gasteiger partial charge in [-0.2, -0.15) is 0 Å². The Hall–Kier alpha value is -0.780. The summed E-state index contributed by atoms with van der Waals surface area (Å²) in [5.41, 5.74) is 0. The fourth-order valence-electron chi connectivity index (χ4n) is 2.05. The van der Waals surface area contributed by atoms with Crippen molar-refractivity contribution in [1.29, 1.82) is 0 Å². The van der Waals surface area contributed by atoms with E-state index >= 15 is 0 Å². The molecule has 0 unspecified atom stereocenters. The van der Waals surface area contributed by atoms with E-state index in [1.165, 1.54) is 51.4 Å². The maximum atomic E-state index is 2.35. The summed E-state index contributed by atoms with van der Waals surface area (Å²) < 4.78 is 0. The average molecular weight is 262 g/mol. The molecule has 0 aromatic heterocycles. The zero-order valence-electron chi connectivity index (χ0n) is 13.2.